The van der Waals surface area contributed by atoms with Gasteiger partial charge in [0.15, 0.2) is 5.16 Å². The van der Waals surface area contributed by atoms with Gasteiger partial charge in [-0.2, -0.15) is 0 Å². The molecule has 0 bridgehead atoms. The average Bonchev–Trinajstić information content (AvgIpc) is 2.83. The number of aliphatic carboxylic acids is 1. The molecule has 0 fully saturated rings. The largest absolute Gasteiger partial charge is 0.481 e. The molecule has 1 N–H and O–H groups in total. The van der Waals surface area contributed by atoms with Crippen molar-refractivity contribution in [1.82, 2.24) is 9.55 Å². The summed E-state index contributed by atoms with van der Waals surface area (Å²) in [5.74, 6) is -1.42. The second kappa shape index (κ2) is 6.49. The lowest BCUT2D eigenvalue weighted by Gasteiger charge is -2.14. The van der Waals surface area contributed by atoms with E-state index in [4.69, 9.17) is 16.7 Å². The molecule has 2 rings (SSSR count). The maximum absolute atomic E-state index is 14.1. The molecule has 0 amide bonds. The molecule has 4 nitrogen and oxygen atoms in total. The molecule has 0 saturated heterocycles. The topological polar surface area (TPSA) is 55.1 Å². The Labute approximate surface area is 130 Å². The number of rotatable bonds is 5. The van der Waals surface area contributed by atoms with Crippen molar-refractivity contribution in [2.45, 2.75) is 24.9 Å². The quantitative estimate of drug-likeness (QED) is 0.844. The number of hydrogen-bond acceptors (Lipinski definition) is 3. The highest BCUT2D eigenvalue weighted by Crippen LogP contribution is 2.30. The molecule has 7 heteroatoms. The Bertz CT molecular complexity index is 673. The van der Waals surface area contributed by atoms with Crippen LogP contribution < -0.4 is 0 Å². The third kappa shape index (κ3) is 3.57. The summed E-state index contributed by atoms with van der Waals surface area (Å²) in [6, 6.07) is 4.26. The normalized spacial score (nSPS) is 11.1. The molecule has 2 aromatic rings. The van der Waals surface area contributed by atoms with Crippen molar-refractivity contribution in [2.75, 3.05) is 5.75 Å². The third-order valence-corrected chi connectivity index (χ3v) is 3.99. The van der Waals surface area contributed by atoms with Gasteiger partial charge in [0.1, 0.15) is 5.82 Å². The first-order valence-corrected chi connectivity index (χ1v) is 7.64. The van der Waals surface area contributed by atoms with Crippen LogP contribution in [0.15, 0.2) is 29.6 Å². The maximum atomic E-state index is 14.1. The number of halogens is 2. The van der Waals surface area contributed by atoms with Crippen LogP contribution in [0.2, 0.25) is 5.02 Å². The van der Waals surface area contributed by atoms with Gasteiger partial charge in [0.25, 0.3) is 0 Å². The van der Waals surface area contributed by atoms with Gasteiger partial charge in [-0.1, -0.05) is 37.2 Å². The molecule has 0 aliphatic rings. The van der Waals surface area contributed by atoms with E-state index in [0.717, 1.165) is 17.5 Å². The summed E-state index contributed by atoms with van der Waals surface area (Å²) in [6.07, 6.45) is 1.63. The summed E-state index contributed by atoms with van der Waals surface area (Å²) in [4.78, 5) is 14.9. The Morgan fingerprint density at radius 2 is 2.24 bits per heavy atom. The van der Waals surface area contributed by atoms with Gasteiger partial charge in [-0.05, 0) is 24.1 Å². The van der Waals surface area contributed by atoms with Crippen LogP contribution in [0.5, 0.6) is 0 Å². The van der Waals surface area contributed by atoms with Crippen molar-refractivity contribution in [3.05, 3.63) is 40.9 Å². The number of benzene rings is 1. The molecule has 1 aromatic carbocycles. The third-order valence-electron chi connectivity index (χ3n) is 2.82. The molecule has 112 valence electrons. The second-order valence-corrected chi connectivity index (χ2v) is 6.11. The molecule has 0 radical (unpaired) electrons. The van der Waals surface area contributed by atoms with Gasteiger partial charge >= 0.3 is 5.97 Å². The van der Waals surface area contributed by atoms with Crippen molar-refractivity contribution in [3.8, 4) is 5.69 Å². The Hall–Kier alpha value is -1.53. The van der Waals surface area contributed by atoms with Gasteiger partial charge in [-0.3, -0.25) is 9.36 Å². The summed E-state index contributed by atoms with van der Waals surface area (Å²) in [5, 5.41) is 9.64. The highest BCUT2D eigenvalue weighted by molar-refractivity contribution is 7.99. The zero-order chi connectivity index (χ0) is 15.6. The summed E-state index contributed by atoms with van der Waals surface area (Å²) in [7, 11) is 0. The highest BCUT2D eigenvalue weighted by atomic mass is 35.5. The second-order valence-electron chi connectivity index (χ2n) is 4.73. The molecule has 1 aromatic heterocycles. The number of imidazole rings is 1. The molecule has 0 unspecified atom stereocenters. The van der Waals surface area contributed by atoms with E-state index in [1.807, 2.05) is 13.8 Å². The monoisotopic (exact) mass is 328 g/mol. The lowest BCUT2D eigenvalue weighted by molar-refractivity contribution is -0.133. The number of carbonyl (C=O) groups is 1. The predicted octanol–water partition coefficient (Wildman–Crippen LogP) is 3.96. The van der Waals surface area contributed by atoms with E-state index in [9.17, 15) is 9.18 Å². The van der Waals surface area contributed by atoms with Crippen molar-refractivity contribution >= 4 is 29.3 Å². The van der Waals surface area contributed by atoms with Crippen LogP contribution in [-0.4, -0.2) is 26.4 Å². The fraction of sp³-hybridized carbons (Fsp3) is 0.286. The molecular weight excluding hydrogens is 315 g/mol. The maximum Gasteiger partial charge on any atom is 0.313 e. The number of thioether (sulfide) groups is 1. The molecule has 0 aliphatic carbocycles. The van der Waals surface area contributed by atoms with E-state index in [1.165, 1.54) is 18.2 Å². The van der Waals surface area contributed by atoms with Crippen LogP contribution in [0, 0.1) is 5.82 Å². The van der Waals surface area contributed by atoms with Crippen molar-refractivity contribution in [1.29, 1.82) is 0 Å². The standard InChI is InChI=1S/C14H14ClFN2O2S/c1-8(2)12-6-17-14(21-7-13(19)20)18(12)11-5-9(15)3-4-10(11)16/h3-6,8H,7H2,1-2H3,(H,19,20). The number of hydrogen-bond donors (Lipinski definition) is 1. The average molecular weight is 329 g/mol. The fourth-order valence-corrected chi connectivity index (χ4v) is 2.76. The zero-order valence-electron chi connectivity index (χ0n) is 11.5. The van der Waals surface area contributed by atoms with E-state index in [0.29, 0.717) is 10.2 Å². The number of carboxylic acid groups (broad SMARTS) is 1. The van der Waals surface area contributed by atoms with Gasteiger partial charge in [-0.25, -0.2) is 9.37 Å². The van der Waals surface area contributed by atoms with Gasteiger partial charge < -0.3 is 5.11 Å². The highest BCUT2D eigenvalue weighted by Gasteiger charge is 2.18. The van der Waals surface area contributed by atoms with E-state index < -0.39 is 11.8 Å². The molecule has 0 spiro atoms. The lowest BCUT2D eigenvalue weighted by atomic mass is 10.1. The van der Waals surface area contributed by atoms with Crippen LogP contribution in [-0.2, 0) is 4.79 Å². The van der Waals surface area contributed by atoms with E-state index >= 15 is 0 Å². The smallest absolute Gasteiger partial charge is 0.313 e. The molecular formula is C14H14ClFN2O2S. The Morgan fingerprint density at radius 1 is 1.52 bits per heavy atom. The van der Waals surface area contributed by atoms with Gasteiger partial charge in [0.05, 0.1) is 17.6 Å². The minimum Gasteiger partial charge on any atom is -0.481 e. The lowest BCUT2D eigenvalue weighted by Crippen LogP contribution is -2.07. The fourth-order valence-electron chi connectivity index (χ4n) is 1.88. The van der Waals surface area contributed by atoms with Gasteiger partial charge in [0, 0.05) is 10.7 Å². The van der Waals surface area contributed by atoms with Crippen LogP contribution in [0.1, 0.15) is 25.5 Å². The zero-order valence-corrected chi connectivity index (χ0v) is 13.1. The first-order valence-electron chi connectivity index (χ1n) is 6.27. The Morgan fingerprint density at radius 3 is 2.86 bits per heavy atom. The van der Waals surface area contributed by atoms with Crippen molar-refractivity contribution < 1.29 is 14.3 Å². The predicted molar refractivity (Wildman–Crippen MR) is 81.0 cm³/mol. The minimum absolute atomic E-state index is 0.107. The summed E-state index contributed by atoms with van der Waals surface area (Å²) < 4.78 is 15.7. The van der Waals surface area contributed by atoms with Crippen molar-refractivity contribution in [3.63, 3.8) is 0 Å². The van der Waals surface area contributed by atoms with E-state index in [1.54, 1.807) is 10.8 Å². The minimum atomic E-state index is -0.952. The van der Waals surface area contributed by atoms with E-state index in [2.05, 4.69) is 4.98 Å². The summed E-state index contributed by atoms with van der Waals surface area (Å²) in [5.41, 5.74) is 1.07. The molecule has 0 saturated carbocycles. The Balaban J connectivity index is 2.55. The van der Waals surface area contributed by atoms with Crippen LogP contribution >= 0.6 is 23.4 Å². The van der Waals surface area contributed by atoms with Crippen LogP contribution in [0.4, 0.5) is 4.39 Å². The van der Waals surface area contributed by atoms with Crippen molar-refractivity contribution in [2.24, 2.45) is 0 Å². The number of aromatic nitrogens is 2. The number of carboxylic acids is 1. The Kier molecular flexibility index (Phi) is 4.90. The molecule has 21 heavy (non-hydrogen) atoms. The first kappa shape index (κ1) is 15.9. The van der Waals surface area contributed by atoms with Crippen LogP contribution in [0.25, 0.3) is 5.69 Å². The first-order chi connectivity index (χ1) is 9.90. The molecule has 0 atom stereocenters. The van der Waals surface area contributed by atoms with Gasteiger partial charge in [-0.15, -0.1) is 0 Å². The summed E-state index contributed by atoms with van der Waals surface area (Å²) >= 11 is 6.99. The summed E-state index contributed by atoms with van der Waals surface area (Å²) in [6.45, 7) is 3.92. The number of nitrogens with zero attached hydrogens (tertiary/aromatic N) is 2. The van der Waals surface area contributed by atoms with Crippen LogP contribution in [0.3, 0.4) is 0 Å². The van der Waals surface area contributed by atoms with Gasteiger partial charge in [0.2, 0.25) is 0 Å². The molecule has 0 aliphatic heterocycles. The SMILES string of the molecule is CC(C)c1cnc(SCC(=O)O)n1-c1cc(Cl)ccc1F. The molecule has 1 heterocycles. The van der Waals surface area contributed by atoms with E-state index in [-0.39, 0.29) is 17.4 Å².